The molecule has 5 N–H and O–H groups in total. The lowest BCUT2D eigenvalue weighted by Gasteiger charge is -2.44. The van der Waals surface area contributed by atoms with Crippen LogP contribution < -0.4 is 18.9 Å². The second-order valence-corrected chi connectivity index (χ2v) is 15.8. The molecule has 0 saturated heterocycles. The Bertz CT molecular complexity index is 1800. The lowest BCUT2D eigenvalue weighted by Crippen LogP contribution is -2.40. The molecule has 2 heterocycles. The van der Waals surface area contributed by atoms with Gasteiger partial charge in [0.05, 0.1) is 32.7 Å². The number of hydrogen-bond donors (Lipinski definition) is 5. The van der Waals surface area contributed by atoms with E-state index >= 15 is 0 Å². The number of phenolic OH excluding ortho intramolecular Hbond substituents is 2. The second kappa shape index (κ2) is 14.1. The monoisotopic (exact) mass is 706 g/mol. The Kier molecular flexibility index (Phi) is 9.79. The van der Waals surface area contributed by atoms with Crippen molar-refractivity contribution in [2.45, 2.75) is 67.8 Å². The summed E-state index contributed by atoms with van der Waals surface area (Å²) in [6, 6.07) is 8.89. The normalized spacial score (nSPS) is 26.8. The molecule has 0 saturated carbocycles. The van der Waals surface area contributed by atoms with E-state index in [-0.39, 0.29) is 66.3 Å². The SMILES string of the molecule is COc1cc2c(c(OC)c1O)CC#C[C@@H]1SSCC[C@H](C)CC[C@H]3c4cc(O)ccc4-c4c(OCCO)cc5c(c4[C@H]3CO)[C@@H]1[C@@H](O)[C@H]2O5. The van der Waals surface area contributed by atoms with Crippen molar-refractivity contribution in [3.63, 3.8) is 0 Å². The van der Waals surface area contributed by atoms with Gasteiger partial charge in [-0.25, -0.2) is 0 Å². The Labute approximate surface area is 294 Å². The summed E-state index contributed by atoms with van der Waals surface area (Å²) in [4.78, 5) is 0. The first-order valence-electron chi connectivity index (χ1n) is 16.8. The van der Waals surface area contributed by atoms with Gasteiger partial charge in [-0.2, -0.15) is 0 Å². The number of fused-ring (bicyclic) bond motifs is 7. The van der Waals surface area contributed by atoms with E-state index in [4.69, 9.17) is 18.9 Å². The lowest BCUT2D eigenvalue weighted by atomic mass is 9.65. The Balaban J connectivity index is 1.55. The van der Waals surface area contributed by atoms with Crippen molar-refractivity contribution in [2.75, 3.05) is 39.8 Å². The summed E-state index contributed by atoms with van der Waals surface area (Å²) in [7, 11) is 6.36. The molecule has 3 aromatic rings. The van der Waals surface area contributed by atoms with Gasteiger partial charge in [0, 0.05) is 52.3 Å². The summed E-state index contributed by atoms with van der Waals surface area (Å²) in [6.07, 6.45) is 1.04. The molecule has 49 heavy (non-hydrogen) atoms. The maximum atomic E-state index is 12.6. The van der Waals surface area contributed by atoms with Crippen LogP contribution in [0.2, 0.25) is 0 Å². The second-order valence-electron chi connectivity index (χ2n) is 13.2. The zero-order valence-electron chi connectivity index (χ0n) is 27.8. The molecule has 9 nitrogen and oxygen atoms in total. The number of aliphatic hydroxyl groups excluding tert-OH is 3. The first kappa shape index (κ1) is 34.1. The molecule has 2 aliphatic heterocycles. The van der Waals surface area contributed by atoms with Crippen LogP contribution in [0.5, 0.6) is 34.5 Å². The van der Waals surface area contributed by atoms with Gasteiger partial charge in [0.25, 0.3) is 0 Å². The molecular weight excluding hydrogens is 665 g/mol. The van der Waals surface area contributed by atoms with Gasteiger partial charge in [0.2, 0.25) is 5.75 Å². The average Bonchev–Trinajstić information content (AvgIpc) is 3.13. The molecule has 11 heteroatoms. The van der Waals surface area contributed by atoms with Gasteiger partial charge in [0.1, 0.15) is 30.0 Å². The van der Waals surface area contributed by atoms with Crippen LogP contribution >= 0.6 is 21.6 Å². The van der Waals surface area contributed by atoms with Crippen molar-refractivity contribution in [2.24, 2.45) is 5.92 Å². The smallest absolute Gasteiger partial charge is 0.201 e. The van der Waals surface area contributed by atoms with Gasteiger partial charge in [-0.3, -0.25) is 0 Å². The molecule has 260 valence electrons. The Morgan fingerprint density at radius 3 is 2.57 bits per heavy atom. The van der Waals surface area contributed by atoms with E-state index in [1.54, 1.807) is 39.8 Å². The van der Waals surface area contributed by atoms with Crippen LogP contribution in [0.1, 0.15) is 77.9 Å². The van der Waals surface area contributed by atoms with E-state index in [1.165, 1.54) is 14.2 Å². The third kappa shape index (κ3) is 5.85. The minimum Gasteiger partial charge on any atom is -0.508 e. The summed E-state index contributed by atoms with van der Waals surface area (Å²) in [5.74, 6) is 8.58. The van der Waals surface area contributed by atoms with E-state index < -0.39 is 18.1 Å². The number of hydrogen-bond acceptors (Lipinski definition) is 11. The molecule has 7 rings (SSSR count). The lowest BCUT2D eigenvalue weighted by molar-refractivity contribution is 0.000580. The van der Waals surface area contributed by atoms with Crippen LogP contribution in [0, 0.1) is 17.8 Å². The molecule has 0 fully saturated rings. The number of ether oxygens (including phenoxy) is 4. The van der Waals surface area contributed by atoms with Crippen molar-refractivity contribution < 1.29 is 44.5 Å². The maximum Gasteiger partial charge on any atom is 0.201 e. The van der Waals surface area contributed by atoms with Gasteiger partial charge >= 0.3 is 0 Å². The number of phenols is 2. The molecule has 3 aromatic carbocycles. The largest absolute Gasteiger partial charge is 0.508 e. The highest BCUT2D eigenvalue weighted by atomic mass is 33.1. The molecular formula is C38H42O9S2. The summed E-state index contributed by atoms with van der Waals surface area (Å²) in [5, 5.41) is 55.1. The van der Waals surface area contributed by atoms with Crippen molar-refractivity contribution in [3.8, 4) is 57.5 Å². The van der Waals surface area contributed by atoms with E-state index in [1.807, 2.05) is 12.1 Å². The molecule has 2 aliphatic carbocycles. The molecule has 0 aromatic heterocycles. The summed E-state index contributed by atoms with van der Waals surface area (Å²) in [5.41, 5.74) is 5.45. The fourth-order valence-electron chi connectivity index (χ4n) is 8.15. The van der Waals surface area contributed by atoms with E-state index in [0.29, 0.717) is 28.5 Å². The van der Waals surface area contributed by atoms with Crippen LogP contribution in [-0.2, 0) is 6.42 Å². The first-order chi connectivity index (χ1) is 23.8. The molecule has 0 unspecified atom stereocenters. The molecule has 4 aliphatic rings. The quantitative estimate of drug-likeness (QED) is 0.152. The topological polar surface area (TPSA) is 138 Å². The van der Waals surface area contributed by atoms with Crippen LogP contribution in [-0.4, -0.2) is 76.7 Å². The van der Waals surface area contributed by atoms with Gasteiger partial charge in [-0.15, -0.1) is 0 Å². The number of aliphatic hydroxyl groups is 3. The molecule has 4 bridgehead atoms. The van der Waals surface area contributed by atoms with Crippen molar-refractivity contribution >= 4 is 21.6 Å². The fraction of sp³-hybridized carbons (Fsp3) is 0.474. The fourth-order valence-corrected chi connectivity index (χ4v) is 11.0. The number of benzene rings is 3. The Morgan fingerprint density at radius 2 is 1.82 bits per heavy atom. The minimum atomic E-state index is -1.08. The molecule has 7 atom stereocenters. The van der Waals surface area contributed by atoms with Gasteiger partial charge in [-0.1, -0.05) is 52.8 Å². The van der Waals surface area contributed by atoms with E-state index in [2.05, 4.69) is 18.8 Å². The highest BCUT2D eigenvalue weighted by molar-refractivity contribution is 8.77. The van der Waals surface area contributed by atoms with Crippen LogP contribution in [0.15, 0.2) is 30.3 Å². The maximum absolute atomic E-state index is 12.6. The average molecular weight is 707 g/mol. The summed E-state index contributed by atoms with van der Waals surface area (Å²) < 4.78 is 24.3. The van der Waals surface area contributed by atoms with Gasteiger partial charge < -0.3 is 44.5 Å². The van der Waals surface area contributed by atoms with Crippen LogP contribution in [0.4, 0.5) is 0 Å². The predicted octanol–water partition coefficient (Wildman–Crippen LogP) is 6.03. The number of rotatable bonds is 6. The highest BCUT2D eigenvalue weighted by Crippen LogP contribution is 2.61. The van der Waals surface area contributed by atoms with E-state index in [0.717, 1.165) is 52.8 Å². The highest BCUT2D eigenvalue weighted by Gasteiger charge is 2.49. The van der Waals surface area contributed by atoms with Gasteiger partial charge in [-0.05, 0) is 59.6 Å². The van der Waals surface area contributed by atoms with Gasteiger partial charge in [0.15, 0.2) is 17.6 Å². The zero-order chi connectivity index (χ0) is 34.4. The summed E-state index contributed by atoms with van der Waals surface area (Å²) >= 11 is 0. The predicted molar refractivity (Wildman–Crippen MR) is 190 cm³/mol. The first-order valence-corrected chi connectivity index (χ1v) is 19.2. The Morgan fingerprint density at radius 1 is 0.980 bits per heavy atom. The van der Waals surface area contributed by atoms with Crippen molar-refractivity contribution in [1.82, 2.24) is 0 Å². The molecule has 0 spiro atoms. The zero-order valence-corrected chi connectivity index (χ0v) is 29.4. The number of methoxy groups -OCH3 is 2. The third-order valence-corrected chi connectivity index (χ3v) is 13.2. The molecule has 0 amide bonds. The van der Waals surface area contributed by atoms with Crippen LogP contribution in [0.25, 0.3) is 11.1 Å². The number of aromatic hydroxyl groups is 2. The van der Waals surface area contributed by atoms with Crippen LogP contribution in [0.3, 0.4) is 0 Å². The Hall–Kier alpha value is -3.40. The minimum absolute atomic E-state index is 0.0377. The van der Waals surface area contributed by atoms with Crippen molar-refractivity contribution in [3.05, 3.63) is 58.1 Å². The van der Waals surface area contributed by atoms with Crippen molar-refractivity contribution in [1.29, 1.82) is 0 Å². The van der Waals surface area contributed by atoms with E-state index in [9.17, 15) is 25.5 Å². The standard InChI is InChI=1S/C38H42O9S2/c1-19-7-9-21-24-15-20(41)8-10-22(24)31-27(46-13-12-39)17-28-33(32(31)26(21)18-40)34-30(49-48-14-11-19)6-4-5-23-25(38(47-28)36(34)43)16-29(44-2)35(42)37(23)45-3/h8,10,15-17,19,21,26,30,34,36,38-43H,5,7,9,11-14,18H2,1-3H3/t19-,21+,26+,30+,34-,36-,38+/m1/s1. The summed E-state index contributed by atoms with van der Waals surface area (Å²) in [6.45, 7) is 1.93. The molecule has 0 radical (unpaired) electrons. The third-order valence-electron chi connectivity index (χ3n) is 10.5.